The summed E-state index contributed by atoms with van der Waals surface area (Å²) in [5, 5.41) is -0.106. The normalized spacial score (nSPS) is 12.0. The van der Waals surface area contributed by atoms with Crippen LogP contribution in [-0.4, -0.2) is 4.98 Å². The fraction of sp³-hybridized carbons (Fsp3) is 0.500. The van der Waals surface area contributed by atoms with Crippen molar-refractivity contribution in [3.8, 4) is 0 Å². The van der Waals surface area contributed by atoms with Gasteiger partial charge in [-0.15, -0.1) is 11.3 Å². The summed E-state index contributed by atoms with van der Waals surface area (Å²) in [6.45, 7) is 2.61. The second-order valence-corrected chi connectivity index (χ2v) is 3.40. The zero-order valence-corrected chi connectivity index (χ0v) is 6.51. The Morgan fingerprint density at radius 3 is 2.40 bits per heavy atom. The largest absolute Gasteiger partial charge is 0.296 e. The van der Waals surface area contributed by atoms with E-state index in [2.05, 4.69) is 4.98 Å². The summed E-state index contributed by atoms with van der Waals surface area (Å²) in [4.78, 5) is 4.37. The van der Waals surface area contributed by atoms with Crippen molar-refractivity contribution in [2.75, 3.05) is 0 Å². The Morgan fingerprint density at radius 2 is 2.20 bits per heavy atom. The first-order chi connectivity index (χ1) is 4.50. The molecule has 0 aromatic carbocycles. The molecule has 0 radical (unpaired) electrons. The Balaban J connectivity index is 2.96. The lowest BCUT2D eigenvalue weighted by Crippen LogP contribution is -2.05. The third-order valence-electron chi connectivity index (χ3n) is 0.997. The fourth-order valence-electron chi connectivity index (χ4n) is 0.558. The quantitative estimate of drug-likeness (QED) is 0.620. The highest BCUT2D eigenvalue weighted by atomic mass is 32.1. The number of alkyl halides is 2. The van der Waals surface area contributed by atoms with Gasteiger partial charge in [0.15, 0.2) is 5.01 Å². The van der Waals surface area contributed by atoms with E-state index in [1.54, 1.807) is 6.92 Å². The Morgan fingerprint density at radius 1 is 1.60 bits per heavy atom. The number of halogens is 2. The number of nitrogens with zero attached hydrogens (tertiary/aromatic N) is 1. The summed E-state index contributed by atoms with van der Waals surface area (Å²) in [6.07, 6.45) is 1.46. The van der Waals surface area contributed by atoms with E-state index in [9.17, 15) is 8.78 Å². The smallest absolute Gasteiger partial charge is 0.243 e. The number of aromatic nitrogens is 1. The van der Waals surface area contributed by atoms with Crippen LogP contribution in [0.1, 0.15) is 16.8 Å². The van der Waals surface area contributed by atoms with Gasteiger partial charge in [-0.25, -0.2) is 4.98 Å². The summed E-state index contributed by atoms with van der Waals surface area (Å²) in [5.74, 6) is -2.78. The van der Waals surface area contributed by atoms with Crippen LogP contribution in [-0.2, 0) is 5.92 Å². The molecule has 0 aliphatic carbocycles. The maximum absolute atomic E-state index is 12.4. The standard InChI is InChI=1S/C6H7F2NS/c1-4-3-9-5(10-4)6(2,7)8/h3H,1-2H3. The second kappa shape index (κ2) is 2.27. The summed E-state index contributed by atoms with van der Waals surface area (Å²) in [6, 6.07) is 0. The molecule has 1 aromatic rings. The molecule has 1 nitrogen and oxygen atoms in total. The molecule has 0 unspecified atom stereocenters. The Kier molecular flexibility index (Phi) is 1.72. The summed E-state index contributed by atoms with van der Waals surface area (Å²) < 4.78 is 24.8. The number of aryl methyl sites for hydroxylation is 1. The molecule has 0 fully saturated rings. The minimum absolute atomic E-state index is 0.106. The number of thiazole rings is 1. The Hall–Kier alpha value is -0.510. The zero-order valence-electron chi connectivity index (χ0n) is 5.69. The molecule has 0 saturated heterocycles. The van der Waals surface area contributed by atoms with Gasteiger partial charge in [0.1, 0.15) is 0 Å². The van der Waals surface area contributed by atoms with Crippen LogP contribution >= 0.6 is 11.3 Å². The topological polar surface area (TPSA) is 12.9 Å². The third-order valence-corrected chi connectivity index (χ3v) is 2.08. The average Bonchev–Trinajstić information content (AvgIpc) is 2.11. The molecular formula is C6H7F2NS. The lowest BCUT2D eigenvalue weighted by atomic mass is 10.4. The number of rotatable bonds is 1. The molecule has 4 heteroatoms. The van der Waals surface area contributed by atoms with Gasteiger partial charge in [-0.05, 0) is 6.92 Å². The molecule has 56 valence electrons. The van der Waals surface area contributed by atoms with E-state index in [0.717, 1.165) is 23.1 Å². The van der Waals surface area contributed by atoms with Crippen molar-refractivity contribution >= 4 is 11.3 Å². The highest BCUT2D eigenvalue weighted by Gasteiger charge is 2.27. The van der Waals surface area contributed by atoms with E-state index >= 15 is 0 Å². The summed E-state index contributed by atoms with van der Waals surface area (Å²) in [7, 11) is 0. The average molecular weight is 163 g/mol. The van der Waals surface area contributed by atoms with Gasteiger partial charge < -0.3 is 0 Å². The second-order valence-electron chi connectivity index (χ2n) is 2.16. The van der Waals surface area contributed by atoms with Crippen LogP contribution in [0.15, 0.2) is 6.20 Å². The number of hydrogen-bond acceptors (Lipinski definition) is 2. The van der Waals surface area contributed by atoms with Gasteiger partial charge in [0.25, 0.3) is 5.92 Å². The molecule has 0 amide bonds. The van der Waals surface area contributed by atoms with Gasteiger partial charge >= 0.3 is 0 Å². The maximum Gasteiger partial charge on any atom is 0.296 e. The third kappa shape index (κ3) is 1.50. The van der Waals surface area contributed by atoms with Crippen molar-refractivity contribution in [3.63, 3.8) is 0 Å². The van der Waals surface area contributed by atoms with E-state index in [-0.39, 0.29) is 5.01 Å². The van der Waals surface area contributed by atoms with Gasteiger partial charge in [-0.2, -0.15) is 8.78 Å². The molecule has 0 spiro atoms. The van der Waals surface area contributed by atoms with Gasteiger partial charge in [0, 0.05) is 18.0 Å². The highest BCUT2D eigenvalue weighted by molar-refractivity contribution is 7.11. The van der Waals surface area contributed by atoms with Crippen LogP contribution in [0.4, 0.5) is 8.78 Å². The number of hydrogen-bond donors (Lipinski definition) is 0. The lowest BCUT2D eigenvalue weighted by Gasteiger charge is -2.03. The van der Waals surface area contributed by atoms with Crippen molar-refractivity contribution in [2.24, 2.45) is 0 Å². The first-order valence-corrected chi connectivity index (χ1v) is 3.62. The minimum Gasteiger partial charge on any atom is -0.243 e. The van der Waals surface area contributed by atoms with Crippen molar-refractivity contribution in [1.82, 2.24) is 4.98 Å². The maximum atomic E-state index is 12.4. The van der Waals surface area contributed by atoms with E-state index in [0.29, 0.717) is 0 Å². The SMILES string of the molecule is Cc1cnc(C(C)(F)F)s1. The van der Waals surface area contributed by atoms with E-state index in [4.69, 9.17) is 0 Å². The van der Waals surface area contributed by atoms with E-state index < -0.39 is 5.92 Å². The summed E-state index contributed by atoms with van der Waals surface area (Å²) in [5.41, 5.74) is 0. The Bertz CT molecular complexity index is 226. The van der Waals surface area contributed by atoms with Crippen LogP contribution in [0.25, 0.3) is 0 Å². The van der Waals surface area contributed by atoms with Gasteiger partial charge in [-0.3, -0.25) is 0 Å². The lowest BCUT2D eigenvalue weighted by molar-refractivity contribution is 0.0172. The molecule has 0 saturated carbocycles. The molecule has 0 atom stereocenters. The van der Waals surface area contributed by atoms with Crippen LogP contribution < -0.4 is 0 Å². The van der Waals surface area contributed by atoms with Crippen LogP contribution in [0.3, 0.4) is 0 Å². The predicted molar refractivity (Wildman–Crippen MR) is 36.4 cm³/mol. The minimum atomic E-state index is -2.78. The monoisotopic (exact) mass is 163 g/mol. The van der Waals surface area contributed by atoms with Crippen molar-refractivity contribution in [1.29, 1.82) is 0 Å². The molecule has 1 rings (SSSR count). The van der Waals surface area contributed by atoms with Crippen LogP contribution in [0.5, 0.6) is 0 Å². The van der Waals surface area contributed by atoms with Crippen LogP contribution in [0.2, 0.25) is 0 Å². The zero-order chi connectivity index (χ0) is 7.78. The molecule has 0 bridgehead atoms. The fourth-order valence-corrected chi connectivity index (χ4v) is 1.25. The molecule has 10 heavy (non-hydrogen) atoms. The molecule has 0 aliphatic heterocycles. The first kappa shape index (κ1) is 7.60. The molecule has 1 aromatic heterocycles. The Labute approximate surface area is 61.7 Å². The molecular weight excluding hydrogens is 156 g/mol. The van der Waals surface area contributed by atoms with Gasteiger partial charge in [0.2, 0.25) is 0 Å². The molecule has 0 N–H and O–H groups in total. The van der Waals surface area contributed by atoms with Crippen LogP contribution in [0, 0.1) is 6.92 Å². The predicted octanol–water partition coefficient (Wildman–Crippen LogP) is 2.56. The van der Waals surface area contributed by atoms with Crippen molar-refractivity contribution < 1.29 is 8.78 Å². The van der Waals surface area contributed by atoms with E-state index in [1.807, 2.05) is 0 Å². The highest BCUT2D eigenvalue weighted by Crippen LogP contribution is 2.29. The summed E-state index contributed by atoms with van der Waals surface area (Å²) >= 11 is 1.03. The van der Waals surface area contributed by atoms with E-state index in [1.165, 1.54) is 6.20 Å². The first-order valence-electron chi connectivity index (χ1n) is 2.81. The van der Waals surface area contributed by atoms with Crippen molar-refractivity contribution in [2.45, 2.75) is 19.8 Å². The van der Waals surface area contributed by atoms with Gasteiger partial charge in [0.05, 0.1) is 0 Å². The molecule has 0 aliphatic rings. The van der Waals surface area contributed by atoms with Gasteiger partial charge in [-0.1, -0.05) is 0 Å². The van der Waals surface area contributed by atoms with Crippen molar-refractivity contribution in [3.05, 3.63) is 16.1 Å². The molecule has 1 heterocycles.